The molecule has 0 unspecified atom stereocenters. The van der Waals surface area contributed by atoms with Crippen LogP contribution < -0.4 is 9.62 Å². The second-order valence-electron chi connectivity index (χ2n) is 11.2. The molecule has 0 radical (unpaired) electrons. The number of nitrogens with one attached hydrogen (secondary N) is 1. The molecule has 2 amide bonds. The van der Waals surface area contributed by atoms with Crippen LogP contribution >= 0.6 is 34.8 Å². The molecule has 1 saturated carbocycles. The van der Waals surface area contributed by atoms with Gasteiger partial charge in [0.2, 0.25) is 21.8 Å². The molecule has 236 valence electrons. The highest BCUT2D eigenvalue weighted by molar-refractivity contribution is 7.92. The first-order valence-corrected chi connectivity index (χ1v) is 17.8. The maximum atomic E-state index is 14.0. The summed E-state index contributed by atoms with van der Waals surface area (Å²) in [4.78, 5) is 29.6. The lowest BCUT2D eigenvalue weighted by Crippen LogP contribution is -2.52. The van der Waals surface area contributed by atoms with Gasteiger partial charge >= 0.3 is 0 Å². The lowest BCUT2D eigenvalue weighted by molar-refractivity contribution is -0.141. The van der Waals surface area contributed by atoms with Crippen molar-refractivity contribution in [2.45, 2.75) is 70.0 Å². The Morgan fingerprint density at radius 2 is 1.57 bits per heavy atom. The van der Waals surface area contributed by atoms with Gasteiger partial charge in [-0.2, -0.15) is 0 Å². The van der Waals surface area contributed by atoms with Gasteiger partial charge in [-0.15, -0.1) is 0 Å². The number of amides is 2. The molecule has 1 atom stereocenters. The van der Waals surface area contributed by atoms with Crippen molar-refractivity contribution in [2.75, 3.05) is 17.1 Å². The van der Waals surface area contributed by atoms with Crippen molar-refractivity contribution in [2.24, 2.45) is 0 Å². The van der Waals surface area contributed by atoms with Gasteiger partial charge in [-0.3, -0.25) is 13.9 Å². The number of halogens is 3. The first-order valence-electron chi connectivity index (χ1n) is 14.8. The second-order valence-corrected chi connectivity index (χ2v) is 14.4. The summed E-state index contributed by atoms with van der Waals surface area (Å²) < 4.78 is 26.5. The molecule has 3 aromatic rings. The number of hydrogen-bond donors (Lipinski definition) is 1. The van der Waals surface area contributed by atoms with Gasteiger partial charge in [-0.05, 0) is 66.8 Å². The van der Waals surface area contributed by atoms with Crippen LogP contribution in [0, 0.1) is 0 Å². The maximum absolute atomic E-state index is 14.0. The van der Waals surface area contributed by atoms with Crippen LogP contribution in [-0.2, 0) is 32.6 Å². The molecule has 0 saturated heterocycles. The number of nitrogens with zero attached hydrogens (tertiary/aromatic N) is 2. The summed E-state index contributed by atoms with van der Waals surface area (Å²) in [6.45, 7) is 0.225. The zero-order valence-electron chi connectivity index (χ0n) is 24.7. The van der Waals surface area contributed by atoms with Crippen LogP contribution in [0.1, 0.15) is 56.1 Å². The van der Waals surface area contributed by atoms with E-state index in [9.17, 15) is 18.0 Å². The van der Waals surface area contributed by atoms with E-state index in [0.717, 1.165) is 49.5 Å². The van der Waals surface area contributed by atoms with Gasteiger partial charge in [0.15, 0.2) is 0 Å². The Hall–Kier alpha value is -2.78. The molecule has 0 heterocycles. The molecule has 44 heavy (non-hydrogen) atoms. The fourth-order valence-corrected chi connectivity index (χ4v) is 6.96. The Morgan fingerprint density at radius 3 is 2.20 bits per heavy atom. The molecule has 4 rings (SSSR count). The normalized spacial score (nSPS) is 14.5. The number of rotatable bonds is 13. The van der Waals surface area contributed by atoms with Crippen molar-refractivity contribution >= 4 is 62.3 Å². The predicted octanol–water partition coefficient (Wildman–Crippen LogP) is 7.28. The SMILES string of the molecule is CS(=O)(=O)N(CCCC(=O)N(Cc1ccc(Cl)c(Cl)c1)[C@@H](Cc1ccccc1)C(=O)NC1CCCCC1)c1ccc(Cl)cc1. The molecule has 0 aromatic heterocycles. The predicted molar refractivity (Wildman–Crippen MR) is 179 cm³/mol. The van der Waals surface area contributed by atoms with E-state index in [2.05, 4.69) is 5.32 Å². The molecular formula is C33H38Cl3N3O4S. The molecule has 7 nitrogen and oxygen atoms in total. The Kier molecular flexibility index (Phi) is 12.4. The summed E-state index contributed by atoms with van der Waals surface area (Å²) in [5.74, 6) is -0.464. The standard InChI is InChI=1S/C33H38Cl3N3O4S/c1-44(42,43)39(28-17-15-26(34)16-18-28)20-8-13-32(40)38(23-25-14-19-29(35)30(36)21-25)31(22-24-9-4-2-5-10-24)33(41)37-27-11-6-3-7-12-27/h2,4-5,9-10,14-19,21,27,31H,3,6-8,11-13,20,22-23H2,1H3,(H,37,41)/t31-/m0/s1. The quantitative estimate of drug-likeness (QED) is 0.206. The van der Waals surface area contributed by atoms with Crippen molar-refractivity contribution in [3.8, 4) is 0 Å². The zero-order valence-corrected chi connectivity index (χ0v) is 27.8. The van der Waals surface area contributed by atoms with Gasteiger partial charge in [-0.1, -0.05) is 90.5 Å². The lowest BCUT2D eigenvalue weighted by Gasteiger charge is -2.34. The third-order valence-electron chi connectivity index (χ3n) is 7.83. The zero-order chi connectivity index (χ0) is 31.7. The van der Waals surface area contributed by atoms with Crippen LogP contribution in [0.2, 0.25) is 15.1 Å². The van der Waals surface area contributed by atoms with Gasteiger partial charge in [-0.25, -0.2) is 8.42 Å². The number of carbonyl (C=O) groups excluding carboxylic acids is 2. The van der Waals surface area contributed by atoms with Crippen molar-refractivity contribution in [3.63, 3.8) is 0 Å². The van der Waals surface area contributed by atoms with Gasteiger partial charge < -0.3 is 10.2 Å². The second kappa shape index (κ2) is 16.0. The fraction of sp³-hybridized carbons (Fsp3) is 0.394. The molecule has 1 aliphatic carbocycles. The van der Waals surface area contributed by atoms with Crippen molar-refractivity contribution in [1.29, 1.82) is 0 Å². The first kappa shape index (κ1) is 34.1. The largest absolute Gasteiger partial charge is 0.352 e. The minimum atomic E-state index is -3.62. The van der Waals surface area contributed by atoms with Gasteiger partial charge in [0.05, 0.1) is 22.0 Å². The Morgan fingerprint density at radius 1 is 0.886 bits per heavy atom. The van der Waals surface area contributed by atoms with E-state index in [1.807, 2.05) is 30.3 Å². The highest BCUT2D eigenvalue weighted by Gasteiger charge is 2.32. The Bertz CT molecular complexity index is 1510. The Labute approximate surface area is 275 Å². The average Bonchev–Trinajstić information content (AvgIpc) is 3.00. The molecule has 11 heteroatoms. The number of sulfonamides is 1. The Balaban J connectivity index is 1.60. The molecule has 1 fully saturated rings. The number of hydrogen-bond acceptors (Lipinski definition) is 4. The van der Waals surface area contributed by atoms with E-state index in [1.54, 1.807) is 47.4 Å². The summed E-state index contributed by atoms with van der Waals surface area (Å²) in [5, 5.41) is 4.47. The third-order valence-corrected chi connectivity index (χ3v) is 10.0. The van der Waals surface area contributed by atoms with Crippen molar-refractivity contribution in [3.05, 3.63) is 99.0 Å². The highest BCUT2D eigenvalue weighted by Crippen LogP contribution is 2.26. The van der Waals surface area contributed by atoms with Crippen LogP contribution in [0.25, 0.3) is 0 Å². The van der Waals surface area contributed by atoms with E-state index >= 15 is 0 Å². The van der Waals surface area contributed by atoms with Crippen LogP contribution in [0.4, 0.5) is 5.69 Å². The van der Waals surface area contributed by atoms with Gasteiger partial charge in [0.25, 0.3) is 0 Å². The molecular weight excluding hydrogens is 641 g/mol. The minimum absolute atomic E-state index is 0.0307. The molecule has 1 N–H and O–H groups in total. The van der Waals surface area contributed by atoms with E-state index < -0.39 is 16.1 Å². The summed E-state index contributed by atoms with van der Waals surface area (Å²) in [7, 11) is -3.62. The highest BCUT2D eigenvalue weighted by atomic mass is 35.5. The van der Waals surface area contributed by atoms with Crippen LogP contribution in [0.15, 0.2) is 72.8 Å². The first-order chi connectivity index (χ1) is 21.0. The molecule has 0 bridgehead atoms. The smallest absolute Gasteiger partial charge is 0.243 e. The molecule has 1 aliphatic rings. The van der Waals surface area contributed by atoms with E-state index in [0.29, 0.717) is 27.2 Å². The summed E-state index contributed by atoms with van der Waals surface area (Å²) >= 11 is 18.5. The average molecular weight is 679 g/mol. The minimum Gasteiger partial charge on any atom is -0.352 e. The van der Waals surface area contributed by atoms with Gasteiger partial charge in [0.1, 0.15) is 6.04 Å². The van der Waals surface area contributed by atoms with Crippen LogP contribution in [-0.4, -0.2) is 50.0 Å². The monoisotopic (exact) mass is 677 g/mol. The van der Waals surface area contributed by atoms with E-state index in [-0.39, 0.29) is 43.8 Å². The lowest BCUT2D eigenvalue weighted by atomic mass is 9.94. The number of carbonyl (C=O) groups is 2. The summed E-state index contributed by atoms with van der Waals surface area (Å²) in [5.41, 5.74) is 2.12. The fourth-order valence-electron chi connectivity index (χ4n) is 5.54. The number of anilines is 1. The summed E-state index contributed by atoms with van der Waals surface area (Å²) in [6.07, 6.45) is 6.83. The van der Waals surface area contributed by atoms with E-state index in [4.69, 9.17) is 34.8 Å². The van der Waals surface area contributed by atoms with E-state index in [1.165, 1.54) is 4.31 Å². The third kappa shape index (κ3) is 9.86. The molecule has 0 spiro atoms. The molecule has 3 aromatic carbocycles. The number of benzene rings is 3. The van der Waals surface area contributed by atoms with Gasteiger partial charge in [0, 0.05) is 37.0 Å². The summed E-state index contributed by atoms with van der Waals surface area (Å²) in [6, 6.07) is 20.6. The van der Waals surface area contributed by atoms with Crippen molar-refractivity contribution < 1.29 is 18.0 Å². The molecule has 0 aliphatic heterocycles. The maximum Gasteiger partial charge on any atom is 0.243 e. The van der Waals surface area contributed by atoms with Crippen LogP contribution in [0.3, 0.4) is 0 Å². The van der Waals surface area contributed by atoms with Crippen molar-refractivity contribution in [1.82, 2.24) is 10.2 Å². The van der Waals surface area contributed by atoms with Crippen LogP contribution in [0.5, 0.6) is 0 Å². The topological polar surface area (TPSA) is 86.8 Å².